The Balaban J connectivity index is 2.18. The van der Waals surface area contributed by atoms with Gasteiger partial charge < -0.3 is 10.6 Å². The Kier molecular flexibility index (Phi) is 2.42. The highest BCUT2D eigenvalue weighted by Crippen LogP contribution is 2.29. The van der Waals surface area contributed by atoms with E-state index in [2.05, 4.69) is 6.92 Å². The van der Waals surface area contributed by atoms with E-state index in [4.69, 9.17) is 5.73 Å². The molecule has 2 atom stereocenters. The molecule has 0 aromatic carbocycles. The number of rotatable bonds is 2. The first-order valence-corrected chi connectivity index (χ1v) is 5.15. The van der Waals surface area contributed by atoms with Gasteiger partial charge in [-0.15, -0.1) is 0 Å². The van der Waals surface area contributed by atoms with Crippen LogP contribution in [-0.2, 0) is 4.79 Å². The van der Waals surface area contributed by atoms with Crippen molar-refractivity contribution in [3.05, 3.63) is 23.8 Å². The Morgan fingerprint density at radius 3 is 3.07 bits per heavy atom. The maximum Gasteiger partial charge on any atom is 0.232 e. The second-order valence-electron chi connectivity index (χ2n) is 3.94. The van der Waals surface area contributed by atoms with Crippen LogP contribution in [0.5, 0.6) is 0 Å². The maximum atomic E-state index is 11.9. The van der Waals surface area contributed by atoms with Gasteiger partial charge in [0, 0.05) is 19.1 Å². The lowest BCUT2D eigenvalue weighted by atomic mass is 9.90. The molecule has 2 N–H and O–H groups in total. The smallest absolute Gasteiger partial charge is 0.232 e. The summed E-state index contributed by atoms with van der Waals surface area (Å²) >= 11 is 0. The van der Waals surface area contributed by atoms with Gasteiger partial charge in [0.15, 0.2) is 0 Å². The molecule has 2 aliphatic rings. The predicted molar refractivity (Wildman–Crippen MR) is 55.6 cm³/mol. The SMILES string of the molecule is CCCN1CC2=CC=CC(N)C2C1=O. The summed E-state index contributed by atoms with van der Waals surface area (Å²) in [6, 6.07) is -0.121. The average molecular weight is 192 g/mol. The van der Waals surface area contributed by atoms with Crippen molar-refractivity contribution in [2.24, 2.45) is 11.7 Å². The van der Waals surface area contributed by atoms with Gasteiger partial charge in [0.25, 0.3) is 0 Å². The summed E-state index contributed by atoms with van der Waals surface area (Å²) in [5.74, 6) is 0.126. The molecule has 2 rings (SSSR count). The number of nitrogens with zero attached hydrogens (tertiary/aromatic N) is 1. The van der Waals surface area contributed by atoms with Gasteiger partial charge >= 0.3 is 0 Å². The van der Waals surface area contributed by atoms with E-state index < -0.39 is 0 Å². The second kappa shape index (κ2) is 3.58. The molecule has 3 heteroatoms. The molecule has 1 saturated heterocycles. The fourth-order valence-corrected chi connectivity index (χ4v) is 2.20. The van der Waals surface area contributed by atoms with Crippen LogP contribution in [0.25, 0.3) is 0 Å². The van der Waals surface area contributed by atoms with Crippen molar-refractivity contribution in [2.45, 2.75) is 19.4 Å². The summed E-state index contributed by atoms with van der Waals surface area (Å²) in [6.07, 6.45) is 6.90. The monoisotopic (exact) mass is 192 g/mol. The molecular weight excluding hydrogens is 176 g/mol. The van der Waals surface area contributed by atoms with Crippen molar-refractivity contribution in [1.82, 2.24) is 4.90 Å². The summed E-state index contributed by atoms with van der Waals surface area (Å²) < 4.78 is 0. The molecule has 1 fully saturated rings. The van der Waals surface area contributed by atoms with Crippen molar-refractivity contribution in [3.63, 3.8) is 0 Å². The third-order valence-corrected chi connectivity index (χ3v) is 2.87. The van der Waals surface area contributed by atoms with Gasteiger partial charge in [-0.3, -0.25) is 4.79 Å². The highest BCUT2D eigenvalue weighted by atomic mass is 16.2. The summed E-state index contributed by atoms with van der Waals surface area (Å²) in [5.41, 5.74) is 7.07. The Morgan fingerprint density at radius 1 is 1.64 bits per heavy atom. The van der Waals surface area contributed by atoms with E-state index in [0.29, 0.717) is 0 Å². The number of nitrogens with two attached hydrogens (primary N) is 1. The quantitative estimate of drug-likeness (QED) is 0.699. The molecule has 3 nitrogen and oxygen atoms in total. The minimum absolute atomic E-state index is 0.0773. The largest absolute Gasteiger partial charge is 0.338 e. The summed E-state index contributed by atoms with van der Waals surface area (Å²) in [4.78, 5) is 13.8. The molecule has 0 saturated carbocycles. The van der Waals surface area contributed by atoms with Crippen molar-refractivity contribution in [2.75, 3.05) is 13.1 Å². The molecule has 2 unspecified atom stereocenters. The van der Waals surface area contributed by atoms with Gasteiger partial charge in [0.2, 0.25) is 5.91 Å². The van der Waals surface area contributed by atoms with E-state index in [-0.39, 0.29) is 17.9 Å². The lowest BCUT2D eigenvalue weighted by Gasteiger charge is -2.18. The van der Waals surface area contributed by atoms with Crippen LogP contribution in [0.15, 0.2) is 23.8 Å². The Morgan fingerprint density at radius 2 is 2.43 bits per heavy atom. The molecule has 1 amide bonds. The molecule has 0 aromatic rings. The van der Waals surface area contributed by atoms with Crippen molar-refractivity contribution >= 4 is 5.91 Å². The number of likely N-dealkylation sites (tertiary alicyclic amines) is 1. The highest BCUT2D eigenvalue weighted by molar-refractivity contribution is 5.87. The first-order valence-electron chi connectivity index (χ1n) is 5.15. The summed E-state index contributed by atoms with van der Waals surface area (Å²) in [5, 5.41) is 0. The van der Waals surface area contributed by atoms with Gasteiger partial charge in [-0.1, -0.05) is 25.2 Å². The first-order chi connectivity index (χ1) is 6.74. The number of carbonyl (C=O) groups excluding carboxylic acids is 1. The van der Waals surface area contributed by atoms with Crippen LogP contribution in [0.3, 0.4) is 0 Å². The van der Waals surface area contributed by atoms with Crippen molar-refractivity contribution in [1.29, 1.82) is 0 Å². The van der Waals surface area contributed by atoms with Crippen LogP contribution in [0.2, 0.25) is 0 Å². The second-order valence-corrected chi connectivity index (χ2v) is 3.94. The van der Waals surface area contributed by atoms with E-state index in [9.17, 15) is 4.79 Å². The van der Waals surface area contributed by atoms with Gasteiger partial charge in [0.05, 0.1) is 5.92 Å². The Labute approximate surface area is 84.3 Å². The fraction of sp³-hybridized carbons (Fsp3) is 0.545. The first kappa shape index (κ1) is 9.46. The van der Waals surface area contributed by atoms with Gasteiger partial charge in [-0.05, 0) is 12.0 Å². The number of hydrogen-bond acceptors (Lipinski definition) is 2. The van der Waals surface area contributed by atoms with E-state index in [1.807, 2.05) is 23.1 Å². The average Bonchev–Trinajstić information content (AvgIpc) is 2.46. The number of fused-ring (bicyclic) bond motifs is 1. The molecular formula is C11H16N2O. The number of amides is 1. The van der Waals surface area contributed by atoms with Crippen LogP contribution in [0.1, 0.15) is 13.3 Å². The normalized spacial score (nSPS) is 30.6. The molecule has 0 aromatic heterocycles. The minimum Gasteiger partial charge on any atom is -0.338 e. The molecule has 0 spiro atoms. The molecule has 76 valence electrons. The third kappa shape index (κ3) is 1.38. The number of hydrogen-bond donors (Lipinski definition) is 1. The molecule has 0 radical (unpaired) electrons. The highest BCUT2D eigenvalue weighted by Gasteiger charge is 2.39. The lowest BCUT2D eigenvalue weighted by molar-refractivity contribution is -0.130. The van der Waals surface area contributed by atoms with Gasteiger partial charge in [0.1, 0.15) is 0 Å². The number of carbonyl (C=O) groups is 1. The lowest BCUT2D eigenvalue weighted by Crippen LogP contribution is -2.37. The van der Waals surface area contributed by atoms with Crippen LogP contribution in [-0.4, -0.2) is 29.9 Å². The zero-order valence-corrected chi connectivity index (χ0v) is 8.44. The summed E-state index contributed by atoms with van der Waals surface area (Å²) in [7, 11) is 0. The zero-order chi connectivity index (χ0) is 10.1. The van der Waals surface area contributed by atoms with Crippen LogP contribution in [0, 0.1) is 5.92 Å². The topological polar surface area (TPSA) is 46.3 Å². The van der Waals surface area contributed by atoms with E-state index in [0.717, 1.165) is 19.5 Å². The van der Waals surface area contributed by atoms with Crippen LogP contribution in [0.4, 0.5) is 0 Å². The third-order valence-electron chi connectivity index (χ3n) is 2.87. The molecule has 1 aliphatic carbocycles. The van der Waals surface area contributed by atoms with Gasteiger partial charge in [-0.25, -0.2) is 0 Å². The van der Waals surface area contributed by atoms with E-state index in [1.54, 1.807) is 0 Å². The predicted octanol–water partition coefficient (Wildman–Crippen LogP) is 0.678. The summed E-state index contributed by atoms with van der Waals surface area (Å²) in [6.45, 7) is 3.70. The Hall–Kier alpha value is -1.09. The molecule has 1 heterocycles. The number of allylic oxidation sites excluding steroid dienone is 2. The van der Waals surface area contributed by atoms with Crippen molar-refractivity contribution in [3.8, 4) is 0 Å². The van der Waals surface area contributed by atoms with Crippen LogP contribution >= 0.6 is 0 Å². The van der Waals surface area contributed by atoms with Gasteiger partial charge in [-0.2, -0.15) is 0 Å². The molecule has 1 aliphatic heterocycles. The van der Waals surface area contributed by atoms with Crippen LogP contribution < -0.4 is 5.73 Å². The zero-order valence-electron chi connectivity index (χ0n) is 8.44. The Bertz CT molecular complexity index is 306. The van der Waals surface area contributed by atoms with E-state index in [1.165, 1.54) is 5.57 Å². The van der Waals surface area contributed by atoms with Crippen molar-refractivity contribution < 1.29 is 4.79 Å². The maximum absolute atomic E-state index is 11.9. The molecule has 0 bridgehead atoms. The van der Waals surface area contributed by atoms with E-state index >= 15 is 0 Å². The molecule has 14 heavy (non-hydrogen) atoms. The standard InChI is InChI=1S/C11H16N2O/c1-2-6-13-7-8-4-3-5-9(12)10(8)11(13)14/h3-5,9-10H,2,6-7,12H2,1H3. The minimum atomic E-state index is -0.121. The fourth-order valence-electron chi connectivity index (χ4n) is 2.20.